The Morgan fingerprint density at radius 2 is 2.11 bits per heavy atom. The van der Waals surface area contributed by atoms with E-state index in [0.717, 1.165) is 5.56 Å². The minimum absolute atomic E-state index is 0.0569. The molecular formula is C13H17Cl2NO2. The molecule has 1 aromatic rings. The zero-order valence-corrected chi connectivity index (χ0v) is 12.0. The molecule has 0 unspecified atom stereocenters. The predicted octanol–water partition coefficient (Wildman–Crippen LogP) is 3.08. The van der Waals surface area contributed by atoms with Gasteiger partial charge in [-0.05, 0) is 38.0 Å². The average molecular weight is 290 g/mol. The second-order valence-electron chi connectivity index (χ2n) is 4.20. The Hall–Kier alpha value is -0.770. The number of rotatable bonds is 6. The van der Waals surface area contributed by atoms with Crippen molar-refractivity contribution in [3.63, 3.8) is 0 Å². The Labute approximate surface area is 117 Å². The van der Waals surface area contributed by atoms with Crippen molar-refractivity contribution in [1.29, 1.82) is 0 Å². The summed E-state index contributed by atoms with van der Waals surface area (Å²) in [5.74, 6) is -0.117. The van der Waals surface area contributed by atoms with Gasteiger partial charge in [-0.2, -0.15) is 0 Å². The van der Waals surface area contributed by atoms with Gasteiger partial charge >= 0.3 is 0 Å². The van der Waals surface area contributed by atoms with Crippen LogP contribution in [0, 0.1) is 0 Å². The molecule has 1 amide bonds. The fourth-order valence-electron chi connectivity index (χ4n) is 1.35. The molecule has 0 fully saturated rings. The Kier molecular flexibility index (Phi) is 6.47. The van der Waals surface area contributed by atoms with E-state index in [1.165, 1.54) is 0 Å². The van der Waals surface area contributed by atoms with E-state index in [9.17, 15) is 4.79 Å². The van der Waals surface area contributed by atoms with Crippen LogP contribution in [0.3, 0.4) is 0 Å². The second-order valence-corrected chi connectivity index (χ2v) is 5.04. The van der Waals surface area contributed by atoms with E-state index >= 15 is 0 Å². The van der Waals surface area contributed by atoms with E-state index in [-0.39, 0.29) is 18.6 Å². The summed E-state index contributed by atoms with van der Waals surface area (Å²) in [5, 5.41) is 4.00. The van der Waals surface area contributed by atoms with Gasteiger partial charge < -0.3 is 10.1 Å². The molecule has 0 spiro atoms. The Balaban J connectivity index is 2.31. The Morgan fingerprint density at radius 1 is 1.39 bits per heavy atom. The van der Waals surface area contributed by atoms with Crippen LogP contribution < -0.4 is 5.32 Å². The van der Waals surface area contributed by atoms with Gasteiger partial charge in [0.2, 0.25) is 5.91 Å². The number of benzene rings is 1. The highest BCUT2D eigenvalue weighted by molar-refractivity contribution is 6.35. The minimum Gasteiger partial charge on any atom is -0.369 e. The highest BCUT2D eigenvalue weighted by atomic mass is 35.5. The van der Waals surface area contributed by atoms with Crippen LogP contribution in [0.25, 0.3) is 0 Å². The first kappa shape index (κ1) is 15.3. The molecule has 5 heteroatoms. The van der Waals surface area contributed by atoms with E-state index in [4.69, 9.17) is 27.9 Å². The number of amides is 1. The van der Waals surface area contributed by atoms with Crippen molar-refractivity contribution in [3.05, 3.63) is 33.8 Å². The average Bonchev–Trinajstić information content (AvgIpc) is 2.29. The lowest BCUT2D eigenvalue weighted by atomic mass is 10.1. The summed E-state index contributed by atoms with van der Waals surface area (Å²) in [4.78, 5) is 11.4. The van der Waals surface area contributed by atoms with Gasteiger partial charge in [-0.15, -0.1) is 0 Å². The molecule has 18 heavy (non-hydrogen) atoms. The standard InChI is InChI=1S/C13H17Cl2NO2/c1-9(2)18-8-13(17)16-6-5-10-3-4-11(14)7-12(10)15/h3-4,7,9H,5-6,8H2,1-2H3,(H,16,17). The number of carbonyl (C=O) groups excluding carboxylic acids is 1. The van der Waals surface area contributed by atoms with Crippen molar-refractivity contribution >= 4 is 29.1 Å². The van der Waals surface area contributed by atoms with Crippen molar-refractivity contribution in [1.82, 2.24) is 5.32 Å². The predicted molar refractivity (Wildman–Crippen MR) is 74.3 cm³/mol. The maximum atomic E-state index is 11.4. The molecule has 0 atom stereocenters. The molecule has 0 heterocycles. The molecule has 1 aromatic carbocycles. The molecule has 1 N–H and O–H groups in total. The Bertz CT molecular complexity index is 408. The lowest BCUT2D eigenvalue weighted by Crippen LogP contribution is -2.30. The van der Waals surface area contributed by atoms with Crippen LogP contribution in [0.1, 0.15) is 19.4 Å². The molecular weight excluding hydrogens is 273 g/mol. The minimum atomic E-state index is -0.117. The monoisotopic (exact) mass is 289 g/mol. The van der Waals surface area contributed by atoms with Crippen molar-refractivity contribution in [2.24, 2.45) is 0 Å². The summed E-state index contributed by atoms with van der Waals surface area (Å²) < 4.78 is 5.19. The van der Waals surface area contributed by atoms with Crippen LogP contribution in [0.4, 0.5) is 0 Å². The molecule has 0 aliphatic heterocycles. The van der Waals surface area contributed by atoms with Crippen LogP contribution in [-0.4, -0.2) is 25.2 Å². The normalized spacial score (nSPS) is 10.7. The first-order valence-electron chi connectivity index (χ1n) is 5.81. The van der Waals surface area contributed by atoms with Crippen LogP contribution in [0.5, 0.6) is 0 Å². The molecule has 100 valence electrons. The summed E-state index contributed by atoms with van der Waals surface area (Å²) in [7, 11) is 0. The van der Waals surface area contributed by atoms with Crippen LogP contribution in [-0.2, 0) is 16.0 Å². The van der Waals surface area contributed by atoms with E-state index < -0.39 is 0 Å². The van der Waals surface area contributed by atoms with Crippen molar-refractivity contribution in [3.8, 4) is 0 Å². The van der Waals surface area contributed by atoms with Crippen molar-refractivity contribution < 1.29 is 9.53 Å². The van der Waals surface area contributed by atoms with E-state index in [0.29, 0.717) is 23.0 Å². The molecule has 1 rings (SSSR count). The second kappa shape index (κ2) is 7.62. The number of carbonyl (C=O) groups is 1. The smallest absolute Gasteiger partial charge is 0.246 e. The summed E-state index contributed by atoms with van der Waals surface area (Å²) >= 11 is 11.8. The summed E-state index contributed by atoms with van der Waals surface area (Å²) in [6.45, 7) is 4.40. The molecule has 0 aliphatic rings. The van der Waals surface area contributed by atoms with Crippen molar-refractivity contribution in [2.45, 2.75) is 26.4 Å². The van der Waals surface area contributed by atoms with E-state index in [1.807, 2.05) is 19.9 Å². The molecule has 3 nitrogen and oxygen atoms in total. The third kappa shape index (κ3) is 5.71. The molecule has 0 aromatic heterocycles. The van der Waals surface area contributed by atoms with Crippen LogP contribution in [0.15, 0.2) is 18.2 Å². The summed E-state index contributed by atoms with van der Waals surface area (Å²) in [6.07, 6.45) is 0.727. The Morgan fingerprint density at radius 3 is 2.72 bits per heavy atom. The number of hydrogen-bond acceptors (Lipinski definition) is 2. The number of hydrogen-bond donors (Lipinski definition) is 1. The SMILES string of the molecule is CC(C)OCC(=O)NCCc1ccc(Cl)cc1Cl. The van der Waals surface area contributed by atoms with E-state index in [1.54, 1.807) is 12.1 Å². The van der Waals surface area contributed by atoms with Gasteiger partial charge in [0.05, 0.1) is 6.10 Å². The van der Waals surface area contributed by atoms with Gasteiger partial charge in [0, 0.05) is 16.6 Å². The third-order valence-corrected chi connectivity index (χ3v) is 2.87. The van der Waals surface area contributed by atoms with Gasteiger partial charge in [-0.25, -0.2) is 0 Å². The fraction of sp³-hybridized carbons (Fsp3) is 0.462. The van der Waals surface area contributed by atoms with Gasteiger partial charge in [0.1, 0.15) is 6.61 Å². The maximum Gasteiger partial charge on any atom is 0.246 e. The summed E-state index contributed by atoms with van der Waals surface area (Å²) in [5.41, 5.74) is 0.964. The maximum absolute atomic E-state index is 11.4. The number of halogens is 2. The number of nitrogens with one attached hydrogen (secondary N) is 1. The fourth-order valence-corrected chi connectivity index (χ4v) is 1.86. The van der Waals surface area contributed by atoms with Crippen LogP contribution in [0.2, 0.25) is 10.0 Å². The molecule has 0 bridgehead atoms. The van der Waals surface area contributed by atoms with Crippen LogP contribution >= 0.6 is 23.2 Å². The van der Waals surface area contributed by atoms with Gasteiger partial charge in [-0.1, -0.05) is 29.3 Å². The molecule has 0 saturated heterocycles. The van der Waals surface area contributed by atoms with Crippen molar-refractivity contribution in [2.75, 3.05) is 13.2 Å². The molecule has 0 radical (unpaired) electrons. The highest BCUT2D eigenvalue weighted by Gasteiger charge is 2.04. The van der Waals surface area contributed by atoms with Gasteiger partial charge in [0.25, 0.3) is 0 Å². The lowest BCUT2D eigenvalue weighted by Gasteiger charge is -2.09. The third-order valence-electron chi connectivity index (χ3n) is 2.28. The number of ether oxygens (including phenoxy) is 1. The lowest BCUT2D eigenvalue weighted by molar-refractivity contribution is -0.127. The largest absolute Gasteiger partial charge is 0.369 e. The van der Waals surface area contributed by atoms with Gasteiger partial charge in [-0.3, -0.25) is 4.79 Å². The topological polar surface area (TPSA) is 38.3 Å². The summed E-state index contributed by atoms with van der Waals surface area (Å²) in [6, 6.07) is 5.34. The zero-order chi connectivity index (χ0) is 13.5. The molecule has 0 saturated carbocycles. The van der Waals surface area contributed by atoms with Gasteiger partial charge in [0.15, 0.2) is 0 Å². The first-order valence-corrected chi connectivity index (χ1v) is 6.57. The highest BCUT2D eigenvalue weighted by Crippen LogP contribution is 2.20. The quantitative estimate of drug-likeness (QED) is 0.874. The molecule has 0 aliphatic carbocycles. The van der Waals surface area contributed by atoms with E-state index in [2.05, 4.69) is 5.32 Å². The zero-order valence-electron chi connectivity index (χ0n) is 10.5. The first-order chi connectivity index (χ1) is 8.49.